The van der Waals surface area contributed by atoms with E-state index in [1.807, 2.05) is 0 Å². The van der Waals surface area contributed by atoms with Crippen LogP contribution in [0.1, 0.15) is 72.6 Å². The average Bonchev–Trinajstić information content (AvgIpc) is 2.53. The summed E-state index contributed by atoms with van der Waals surface area (Å²) in [5.41, 5.74) is 3.63. The minimum atomic E-state index is -0.0397. The van der Waals surface area contributed by atoms with Crippen LogP contribution in [0.25, 0.3) is 0 Å². The molecule has 4 atom stereocenters. The Kier molecular flexibility index (Phi) is 4.70. The molecule has 134 valence electrons. The normalized spacial score (nSPS) is 38.8. The first-order valence-corrected chi connectivity index (χ1v) is 9.77. The van der Waals surface area contributed by atoms with Crippen molar-refractivity contribution in [1.29, 1.82) is 0 Å². The van der Waals surface area contributed by atoms with Crippen LogP contribution >= 0.6 is 0 Å². The van der Waals surface area contributed by atoms with E-state index in [0.717, 1.165) is 12.8 Å². The number of hydrogen-bond acceptors (Lipinski definition) is 2. The van der Waals surface area contributed by atoms with Crippen molar-refractivity contribution in [3.8, 4) is 0 Å². The Bertz CT molecular complexity index is 571. The molecule has 3 aliphatic carbocycles. The SMILES string of the molecule is COC(=O)CC1(C)CCCC2(C)C3CCC(C(C)C)=CC3=CCC12. The van der Waals surface area contributed by atoms with Crippen LogP contribution in [0.4, 0.5) is 0 Å². The lowest BCUT2D eigenvalue weighted by Crippen LogP contribution is -2.50. The highest BCUT2D eigenvalue weighted by Crippen LogP contribution is 2.62. The third-order valence-electron chi connectivity index (χ3n) is 7.48. The summed E-state index contributed by atoms with van der Waals surface area (Å²) in [5, 5.41) is 0. The Labute approximate surface area is 147 Å². The fourth-order valence-electron chi connectivity index (χ4n) is 6.09. The summed E-state index contributed by atoms with van der Waals surface area (Å²) in [5.74, 6) is 1.90. The van der Waals surface area contributed by atoms with Crippen LogP contribution in [-0.2, 0) is 9.53 Å². The first-order valence-electron chi connectivity index (χ1n) is 9.77. The predicted octanol–water partition coefficient (Wildman–Crippen LogP) is 5.68. The standard InChI is InChI=1S/C22H34O2/c1-15(2)16-7-9-18-17(13-16)8-10-19-21(3,14-20(23)24-5)11-6-12-22(18,19)4/h8,13,15,18-19H,6-7,9-12,14H2,1-5H3. The van der Waals surface area contributed by atoms with E-state index in [2.05, 4.69) is 39.8 Å². The van der Waals surface area contributed by atoms with E-state index < -0.39 is 0 Å². The Balaban J connectivity index is 1.93. The minimum absolute atomic E-state index is 0.0397. The highest BCUT2D eigenvalue weighted by atomic mass is 16.5. The molecule has 24 heavy (non-hydrogen) atoms. The molecule has 0 aromatic carbocycles. The third kappa shape index (κ3) is 2.86. The average molecular weight is 331 g/mol. The molecule has 0 bridgehead atoms. The molecule has 0 aliphatic heterocycles. The largest absolute Gasteiger partial charge is 0.469 e. The lowest BCUT2D eigenvalue weighted by molar-refractivity contribution is -0.148. The van der Waals surface area contributed by atoms with E-state index in [-0.39, 0.29) is 11.4 Å². The molecule has 1 fully saturated rings. The number of carbonyl (C=O) groups is 1. The number of ether oxygens (including phenoxy) is 1. The van der Waals surface area contributed by atoms with Gasteiger partial charge < -0.3 is 4.74 Å². The molecule has 2 heteroatoms. The van der Waals surface area contributed by atoms with E-state index >= 15 is 0 Å². The van der Waals surface area contributed by atoms with Crippen molar-refractivity contribution < 1.29 is 9.53 Å². The summed E-state index contributed by atoms with van der Waals surface area (Å²) >= 11 is 0. The van der Waals surface area contributed by atoms with Crippen LogP contribution < -0.4 is 0 Å². The van der Waals surface area contributed by atoms with E-state index in [0.29, 0.717) is 29.6 Å². The van der Waals surface area contributed by atoms with Gasteiger partial charge in [-0.05, 0) is 66.3 Å². The maximum Gasteiger partial charge on any atom is 0.306 e. The molecule has 3 rings (SSSR count). The van der Waals surface area contributed by atoms with Gasteiger partial charge in [0.05, 0.1) is 13.5 Å². The number of rotatable bonds is 3. The lowest BCUT2D eigenvalue weighted by atomic mass is 9.46. The zero-order chi connectivity index (χ0) is 17.5. The highest BCUT2D eigenvalue weighted by molar-refractivity contribution is 5.70. The van der Waals surface area contributed by atoms with Crippen molar-refractivity contribution in [2.45, 2.75) is 72.6 Å². The number of methoxy groups -OCH3 is 1. The number of esters is 1. The van der Waals surface area contributed by atoms with Gasteiger partial charge in [-0.25, -0.2) is 0 Å². The van der Waals surface area contributed by atoms with Crippen molar-refractivity contribution in [3.63, 3.8) is 0 Å². The van der Waals surface area contributed by atoms with Gasteiger partial charge in [0.2, 0.25) is 0 Å². The summed E-state index contributed by atoms with van der Waals surface area (Å²) in [6, 6.07) is 0. The molecule has 1 saturated carbocycles. The quantitative estimate of drug-likeness (QED) is 0.622. The Morgan fingerprint density at radius 1 is 1.33 bits per heavy atom. The van der Waals surface area contributed by atoms with Crippen LogP contribution in [0.5, 0.6) is 0 Å². The Hall–Kier alpha value is -1.05. The molecule has 0 aromatic rings. The third-order valence-corrected chi connectivity index (χ3v) is 7.48. The van der Waals surface area contributed by atoms with Gasteiger partial charge in [0.15, 0.2) is 0 Å². The first-order chi connectivity index (χ1) is 11.3. The van der Waals surface area contributed by atoms with Crippen molar-refractivity contribution >= 4 is 5.97 Å². The minimum Gasteiger partial charge on any atom is -0.469 e. The second-order valence-electron chi connectivity index (χ2n) is 9.22. The second kappa shape index (κ2) is 6.35. The fraction of sp³-hybridized carbons (Fsp3) is 0.773. The predicted molar refractivity (Wildman–Crippen MR) is 98.5 cm³/mol. The molecule has 0 aromatic heterocycles. The molecule has 0 N–H and O–H groups in total. The van der Waals surface area contributed by atoms with Gasteiger partial charge in [-0.2, -0.15) is 0 Å². The topological polar surface area (TPSA) is 26.3 Å². The second-order valence-corrected chi connectivity index (χ2v) is 9.22. The highest BCUT2D eigenvalue weighted by Gasteiger charge is 2.54. The van der Waals surface area contributed by atoms with E-state index in [9.17, 15) is 4.79 Å². The molecule has 0 spiro atoms. The molecule has 0 heterocycles. The zero-order valence-corrected chi connectivity index (χ0v) is 16.2. The number of carbonyl (C=O) groups excluding carboxylic acids is 1. The number of allylic oxidation sites excluding steroid dienone is 4. The van der Waals surface area contributed by atoms with Crippen LogP contribution in [0.3, 0.4) is 0 Å². The Morgan fingerprint density at radius 2 is 2.08 bits per heavy atom. The summed E-state index contributed by atoms with van der Waals surface area (Å²) < 4.78 is 5.01. The van der Waals surface area contributed by atoms with Crippen molar-refractivity contribution in [2.75, 3.05) is 7.11 Å². The van der Waals surface area contributed by atoms with Crippen molar-refractivity contribution in [2.24, 2.45) is 28.6 Å². The maximum atomic E-state index is 12.0. The van der Waals surface area contributed by atoms with Gasteiger partial charge in [0.1, 0.15) is 0 Å². The van der Waals surface area contributed by atoms with Crippen molar-refractivity contribution in [3.05, 3.63) is 23.3 Å². The molecule has 0 amide bonds. The van der Waals surface area contributed by atoms with Crippen LogP contribution in [-0.4, -0.2) is 13.1 Å². The van der Waals surface area contributed by atoms with E-state index in [1.165, 1.54) is 32.8 Å². The summed E-state index contributed by atoms with van der Waals surface area (Å²) in [7, 11) is 1.52. The van der Waals surface area contributed by atoms with E-state index in [4.69, 9.17) is 4.74 Å². The van der Waals surface area contributed by atoms with Gasteiger partial charge in [-0.3, -0.25) is 4.79 Å². The summed E-state index contributed by atoms with van der Waals surface area (Å²) in [6.07, 6.45) is 12.9. The fourth-order valence-corrected chi connectivity index (χ4v) is 6.09. The molecule has 4 unspecified atom stereocenters. The summed E-state index contributed by atoms with van der Waals surface area (Å²) in [6.45, 7) is 9.48. The van der Waals surface area contributed by atoms with Gasteiger partial charge in [-0.1, -0.05) is 51.8 Å². The van der Waals surface area contributed by atoms with Crippen LogP contribution in [0.15, 0.2) is 23.3 Å². The van der Waals surface area contributed by atoms with Gasteiger partial charge in [0, 0.05) is 0 Å². The molecule has 0 radical (unpaired) electrons. The number of fused-ring (bicyclic) bond motifs is 3. The summed E-state index contributed by atoms with van der Waals surface area (Å²) in [4.78, 5) is 12.0. The van der Waals surface area contributed by atoms with Crippen molar-refractivity contribution in [1.82, 2.24) is 0 Å². The first kappa shape index (κ1) is 17.8. The number of hydrogen-bond donors (Lipinski definition) is 0. The smallest absolute Gasteiger partial charge is 0.306 e. The monoisotopic (exact) mass is 330 g/mol. The lowest BCUT2D eigenvalue weighted by Gasteiger charge is -2.58. The molecule has 3 aliphatic rings. The molecular weight excluding hydrogens is 296 g/mol. The van der Waals surface area contributed by atoms with Gasteiger partial charge in [-0.15, -0.1) is 0 Å². The molecule has 0 saturated heterocycles. The molecular formula is C22H34O2. The van der Waals surface area contributed by atoms with Crippen LogP contribution in [0, 0.1) is 28.6 Å². The zero-order valence-electron chi connectivity index (χ0n) is 16.2. The Morgan fingerprint density at radius 3 is 2.75 bits per heavy atom. The maximum absolute atomic E-state index is 12.0. The van der Waals surface area contributed by atoms with Crippen LogP contribution in [0.2, 0.25) is 0 Å². The van der Waals surface area contributed by atoms with E-state index in [1.54, 1.807) is 11.1 Å². The molecule has 2 nitrogen and oxygen atoms in total. The van der Waals surface area contributed by atoms with Gasteiger partial charge in [0.25, 0.3) is 0 Å². The van der Waals surface area contributed by atoms with Gasteiger partial charge >= 0.3 is 5.97 Å².